The molecule has 17 heavy (non-hydrogen) atoms. The zero-order valence-corrected chi connectivity index (χ0v) is 9.82. The average molecular weight is 250 g/mol. The summed E-state index contributed by atoms with van der Waals surface area (Å²) in [6, 6.07) is 5.03. The van der Waals surface area contributed by atoms with E-state index in [-0.39, 0.29) is 5.69 Å². The molecule has 0 saturated carbocycles. The standard InChI is InChI=1S/C10H10N4O2S/c1-6-2-3-7(4-9(6)14(15)16)8-5-17-10(12-8)13-11/h2-5H,11H2,1H3,(H,12,13). The molecule has 0 spiro atoms. The summed E-state index contributed by atoms with van der Waals surface area (Å²) in [5.74, 6) is 5.23. The number of nitrogens with two attached hydrogens (primary N) is 1. The summed E-state index contributed by atoms with van der Waals surface area (Å²) in [5.41, 5.74) is 4.55. The molecule has 88 valence electrons. The number of hydrogen-bond acceptors (Lipinski definition) is 6. The van der Waals surface area contributed by atoms with Crippen LogP contribution >= 0.6 is 11.3 Å². The van der Waals surface area contributed by atoms with Gasteiger partial charge in [0.05, 0.1) is 10.6 Å². The number of anilines is 1. The van der Waals surface area contributed by atoms with E-state index in [9.17, 15) is 10.1 Å². The third kappa shape index (κ3) is 2.24. The first-order valence-electron chi connectivity index (χ1n) is 4.79. The van der Waals surface area contributed by atoms with Crippen LogP contribution in [0, 0.1) is 17.0 Å². The van der Waals surface area contributed by atoms with E-state index in [2.05, 4.69) is 10.4 Å². The summed E-state index contributed by atoms with van der Waals surface area (Å²) in [6.07, 6.45) is 0. The molecule has 0 atom stereocenters. The van der Waals surface area contributed by atoms with Gasteiger partial charge in [-0.3, -0.25) is 15.5 Å². The van der Waals surface area contributed by atoms with Crippen LogP contribution in [0.1, 0.15) is 5.56 Å². The first-order valence-corrected chi connectivity index (χ1v) is 5.67. The van der Waals surface area contributed by atoms with Crippen molar-refractivity contribution >= 4 is 22.2 Å². The minimum absolute atomic E-state index is 0.0951. The van der Waals surface area contributed by atoms with E-state index in [0.29, 0.717) is 22.0 Å². The number of nitro groups is 1. The van der Waals surface area contributed by atoms with Gasteiger partial charge in [-0.25, -0.2) is 10.8 Å². The van der Waals surface area contributed by atoms with Crippen LogP contribution in [-0.4, -0.2) is 9.91 Å². The third-order valence-electron chi connectivity index (χ3n) is 2.33. The van der Waals surface area contributed by atoms with Gasteiger partial charge in [-0.2, -0.15) is 0 Å². The van der Waals surface area contributed by atoms with Gasteiger partial charge in [0.2, 0.25) is 0 Å². The summed E-state index contributed by atoms with van der Waals surface area (Å²) in [7, 11) is 0. The Kier molecular flexibility index (Phi) is 3.03. The van der Waals surface area contributed by atoms with Crippen LogP contribution in [0.5, 0.6) is 0 Å². The fourth-order valence-electron chi connectivity index (χ4n) is 1.44. The van der Waals surface area contributed by atoms with Crippen molar-refractivity contribution in [2.45, 2.75) is 6.92 Å². The van der Waals surface area contributed by atoms with E-state index >= 15 is 0 Å². The SMILES string of the molecule is Cc1ccc(-c2csc(NN)n2)cc1[N+](=O)[O-]. The molecule has 2 aromatic rings. The Morgan fingerprint density at radius 1 is 1.53 bits per heavy atom. The molecule has 0 aliphatic carbocycles. The van der Waals surface area contributed by atoms with Crippen molar-refractivity contribution in [3.8, 4) is 11.3 Å². The summed E-state index contributed by atoms with van der Waals surface area (Å²) in [6.45, 7) is 1.70. The average Bonchev–Trinajstić information content (AvgIpc) is 2.78. The zero-order chi connectivity index (χ0) is 12.4. The number of nitrogen functional groups attached to an aromatic ring is 1. The number of nitro benzene ring substituents is 1. The molecule has 0 fully saturated rings. The Labute approximate surface area is 101 Å². The largest absolute Gasteiger partial charge is 0.300 e. The number of hydrazine groups is 1. The molecule has 0 radical (unpaired) electrons. The Hall–Kier alpha value is -1.99. The first kappa shape index (κ1) is 11.5. The molecule has 0 bridgehead atoms. The smallest absolute Gasteiger partial charge is 0.272 e. The van der Waals surface area contributed by atoms with E-state index in [4.69, 9.17) is 5.84 Å². The van der Waals surface area contributed by atoms with Crippen molar-refractivity contribution in [2.75, 3.05) is 5.43 Å². The second-order valence-electron chi connectivity index (χ2n) is 3.44. The highest BCUT2D eigenvalue weighted by atomic mass is 32.1. The van der Waals surface area contributed by atoms with Gasteiger partial charge in [0, 0.05) is 22.6 Å². The van der Waals surface area contributed by atoms with Crippen LogP contribution in [0.25, 0.3) is 11.3 Å². The molecule has 1 aromatic heterocycles. The van der Waals surface area contributed by atoms with Crippen LogP contribution in [-0.2, 0) is 0 Å². The minimum Gasteiger partial charge on any atom is -0.300 e. The van der Waals surface area contributed by atoms with E-state index < -0.39 is 4.92 Å². The normalized spacial score (nSPS) is 10.2. The lowest BCUT2D eigenvalue weighted by Gasteiger charge is -2.00. The Morgan fingerprint density at radius 2 is 2.29 bits per heavy atom. The molecule has 3 N–H and O–H groups in total. The molecule has 7 heteroatoms. The summed E-state index contributed by atoms with van der Waals surface area (Å²) < 4.78 is 0. The van der Waals surface area contributed by atoms with Gasteiger partial charge in [-0.05, 0) is 6.92 Å². The number of rotatable bonds is 3. The Bertz CT molecular complexity index is 567. The number of aromatic nitrogens is 1. The van der Waals surface area contributed by atoms with E-state index in [1.54, 1.807) is 24.4 Å². The highest BCUT2D eigenvalue weighted by Crippen LogP contribution is 2.28. The zero-order valence-electron chi connectivity index (χ0n) is 9.01. The molecule has 6 nitrogen and oxygen atoms in total. The molecule has 1 aromatic carbocycles. The van der Waals surface area contributed by atoms with Crippen LogP contribution in [0.4, 0.5) is 10.8 Å². The van der Waals surface area contributed by atoms with Crippen molar-refractivity contribution in [3.05, 3.63) is 39.3 Å². The van der Waals surface area contributed by atoms with Gasteiger partial charge >= 0.3 is 0 Å². The topological polar surface area (TPSA) is 94.1 Å². The maximum atomic E-state index is 10.8. The number of hydrogen-bond donors (Lipinski definition) is 2. The number of nitrogens with one attached hydrogen (secondary N) is 1. The molecule has 0 saturated heterocycles. The molecule has 1 heterocycles. The molecular weight excluding hydrogens is 240 g/mol. The molecule has 2 rings (SSSR count). The summed E-state index contributed by atoms with van der Waals surface area (Å²) in [4.78, 5) is 14.6. The fraction of sp³-hybridized carbons (Fsp3) is 0.100. The lowest BCUT2D eigenvalue weighted by molar-refractivity contribution is -0.385. The van der Waals surface area contributed by atoms with E-state index in [1.165, 1.54) is 17.4 Å². The summed E-state index contributed by atoms with van der Waals surface area (Å²) >= 11 is 1.35. The first-order chi connectivity index (χ1) is 8.11. The van der Waals surface area contributed by atoms with Crippen molar-refractivity contribution in [1.29, 1.82) is 0 Å². The van der Waals surface area contributed by atoms with Crippen molar-refractivity contribution in [3.63, 3.8) is 0 Å². The summed E-state index contributed by atoms with van der Waals surface area (Å²) in [5, 5.41) is 13.2. The number of benzene rings is 1. The molecule has 0 aliphatic rings. The maximum absolute atomic E-state index is 10.8. The van der Waals surface area contributed by atoms with E-state index in [0.717, 1.165) is 0 Å². The van der Waals surface area contributed by atoms with Gasteiger partial charge < -0.3 is 0 Å². The van der Waals surface area contributed by atoms with Crippen molar-refractivity contribution in [1.82, 2.24) is 4.98 Å². The highest BCUT2D eigenvalue weighted by molar-refractivity contribution is 7.14. The maximum Gasteiger partial charge on any atom is 0.272 e. The van der Waals surface area contributed by atoms with Crippen LogP contribution in [0.2, 0.25) is 0 Å². The number of aryl methyl sites for hydroxylation is 1. The van der Waals surface area contributed by atoms with Crippen LogP contribution in [0.3, 0.4) is 0 Å². The molecule has 0 unspecified atom stereocenters. The van der Waals surface area contributed by atoms with Gasteiger partial charge in [-0.1, -0.05) is 12.1 Å². The van der Waals surface area contributed by atoms with Crippen LogP contribution < -0.4 is 11.3 Å². The van der Waals surface area contributed by atoms with Gasteiger partial charge in [0.25, 0.3) is 5.69 Å². The lowest BCUT2D eigenvalue weighted by Crippen LogP contribution is -2.05. The predicted octanol–water partition coefficient (Wildman–Crippen LogP) is 2.31. The van der Waals surface area contributed by atoms with Crippen molar-refractivity contribution < 1.29 is 4.92 Å². The Morgan fingerprint density at radius 3 is 2.88 bits per heavy atom. The number of thiazole rings is 1. The van der Waals surface area contributed by atoms with E-state index in [1.807, 2.05) is 0 Å². The second kappa shape index (κ2) is 4.48. The fourth-order valence-corrected chi connectivity index (χ4v) is 2.07. The van der Waals surface area contributed by atoms with Crippen LogP contribution in [0.15, 0.2) is 23.6 Å². The molecular formula is C10H10N4O2S. The molecule has 0 aliphatic heterocycles. The minimum atomic E-state index is -0.396. The lowest BCUT2D eigenvalue weighted by atomic mass is 10.1. The predicted molar refractivity (Wildman–Crippen MR) is 66.8 cm³/mol. The monoisotopic (exact) mass is 250 g/mol. The third-order valence-corrected chi connectivity index (χ3v) is 3.10. The van der Waals surface area contributed by atoms with Gasteiger partial charge in [-0.15, -0.1) is 11.3 Å². The van der Waals surface area contributed by atoms with Gasteiger partial charge in [0.15, 0.2) is 5.13 Å². The second-order valence-corrected chi connectivity index (χ2v) is 4.30. The van der Waals surface area contributed by atoms with Crippen molar-refractivity contribution in [2.24, 2.45) is 5.84 Å². The quantitative estimate of drug-likeness (QED) is 0.495. The number of nitrogens with zero attached hydrogens (tertiary/aromatic N) is 2. The highest BCUT2D eigenvalue weighted by Gasteiger charge is 2.13. The van der Waals surface area contributed by atoms with Gasteiger partial charge in [0.1, 0.15) is 0 Å². The molecule has 0 amide bonds. The Balaban J connectivity index is 2.46.